The molecule has 34 heavy (non-hydrogen) atoms. The van der Waals surface area contributed by atoms with Crippen molar-refractivity contribution in [2.75, 3.05) is 7.11 Å². The number of phenolic OH excluding ortho intramolecular Hbond substituents is 1. The Labute approximate surface area is 194 Å². The molecular formula is C25H22N2O7. The number of Topliss-reactive ketones (excluding diaryl/α,β-unsaturated/α-hetero) is 1. The second-order valence-electron chi connectivity index (χ2n) is 8.98. The number of hydrogen-bond acceptors (Lipinski definition) is 7. The number of likely N-dealkylation sites (tertiary alicyclic amines) is 1. The highest BCUT2D eigenvalue weighted by Gasteiger charge is 2.57. The monoisotopic (exact) mass is 462 g/mol. The molecule has 4 aliphatic rings. The van der Waals surface area contributed by atoms with Crippen molar-refractivity contribution in [1.29, 1.82) is 0 Å². The fourth-order valence-electron chi connectivity index (χ4n) is 5.89. The molecule has 3 N–H and O–H groups in total. The van der Waals surface area contributed by atoms with Crippen LogP contribution in [0.5, 0.6) is 11.5 Å². The molecule has 174 valence electrons. The summed E-state index contributed by atoms with van der Waals surface area (Å²) in [5.41, 5.74) is 7.12. The number of fused-ring (bicyclic) bond motifs is 3. The van der Waals surface area contributed by atoms with E-state index in [-0.39, 0.29) is 52.6 Å². The van der Waals surface area contributed by atoms with Gasteiger partial charge in [-0.1, -0.05) is 23.8 Å². The number of benzene rings is 1. The number of urea groups is 1. The molecule has 4 atom stereocenters. The van der Waals surface area contributed by atoms with Gasteiger partial charge in [0, 0.05) is 28.2 Å². The van der Waals surface area contributed by atoms with Gasteiger partial charge in [-0.2, -0.15) is 4.90 Å². The SMILES string of the molecule is COc1cccc(C2C3=CCC4C(=O)N(C(N)=O)C(=O)C4C3CC3=C2C(=O)C=C(C)C3=O)c1O. The van der Waals surface area contributed by atoms with E-state index in [1.165, 1.54) is 13.2 Å². The molecule has 0 saturated carbocycles. The molecule has 5 rings (SSSR count). The Kier molecular flexibility index (Phi) is 4.82. The van der Waals surface area contributed by atoms with Crippen LogP contribution in [0.4, 0.5) is 4.79 Å². The summed E-state index contributed by atoms with van der Waals surface area (Å²) in [4.78, 5) is 64.6. The van der Waals surface area contributed by atoms with Crippen molar-refractivity contribution in [2.45, 2.75) is 25.7 Å². The zero-order valence-electron chi connectivity index (χ0n) is 18.5. The van der Waals surface area contributed by atoms with E-state index < -0.39 is 41.5 Å². The van der Waals surface area contributed by atoms with Crippen LogP contribution in [0.2, 0.25) is 0 Å². The number of aromatic hydroxyl groups is 1. The maximum absolute atomic E-state index is 13.2. The number of ketones is 2. The van der Waals surface area contributed by atoms with Crippen LogP contribution in [0.25, 0.3) is 0 Å². The largest absolute Gasteiger partial charge is 0.504 e. The third-order valence-electron chi connectivity index (χ3n) is 7.34. The predicted molar refractivity (Wildman–Crippen MR) is 117 cm³/mol. The van der Waals surface area contributed by atoms with Gasteiger partial charge in [0.15, 0.2) is 23.1 Å². The van der Waals surface area contributed by atoms with E-state index in [2.05, 4.69) is 0 Å². The summed E-state index contributed by atoms with van der Waals surface area (Å²) >= 11 is 0. The van der Waals surface area contributed by atoms with Gasteiger partial charge in [-0.25, -0.2) is 4.79 Å². The first-order chi connectivity index (χ1) is 16.2. The number of ether oxygens (including phenoxy) is 1. The van der Waals surface area contributed by atoms with Crippen molar-refractivity contribution in [3.05, 3.63) is 58.2 Å². The number of imide groups is 3. The maximum atomic E-state index is 13.2. The molecule has 0 radical (unpaired) electrons. The molecule has 1 heterocycles. The predicted octanol–water partition coefficient (Wildman–Crippen LogP) is 1.91. The number of rotatable bonds is 2. The molecule has 0 aromatic heterocycles. The molecule has 1 fully saturated rings. The standard InChI is InChI=1S/C25H22N2O7/c1-10-8-16(28)20-15(21(10)29)9-14-11(18(20)12-4-3-5-17(34-2)22(12)30)6-7-13-19(14)24(32)27(23(13)31)25(26)33/h3-6,8,13-14,18-19,30H,7,9H2,1-2H3,(H2,26,33). The van der Waals surface area contributed by atoms with Gasteiger partial charge in [-0.05, 0) is 37.8 Å². The van der Waals surface area contributed by atoms with Crippen LogP contribution in [0, 0.1) is 17.8 Å². The summed E-state index contributed by atoms with van der Waals surface area (Å²) in [5, 5.41) is 10.9. The lowest BCUT2D eigenvalue weighted by Gasteiger charge is -2.42. The van der Waals surface area contributed by atoms with Crippen LogP contribution >= 0.6 is 0 Å². The van der Waals surface area contributed by atoms with Crippen LogP contribution in [0.15, 0.2) is 52.6 Å². The Morgan fingerprint density at radius 2 is 1.88 bits per heavy atom. The number of allylic oxidation sites excluding steroid dienone is 6. The summed E-state index contributed by atoms with van der Waals surface area (Å²) in [6.07, 6.45) is 3.32. The van der Waals surface area contributed by atoms with Gasteiger partial charge in [0.1, 0.15) is 0 Å². The number of primary amides is 1. The van der Waals surface area contributed by atoms with E-state index in [4.69, 9.17) is 10.5 Å². The second-order valence-corrected chi connectivity index (χ2v) is 8.98. The van der Waals surface area contributed by atoms with Crippen molar-refractivity contribution >= 4 is 29.4 Å². The number of methoxy groups -OCH3 is 1. The van der Waals surface area contributed by atoms with Crippen LogP contribution in [-0.4, -0.2) is 46.5 Å². The molecule has 4 unspecified atom stereocenters. The highest BCUT2D eigenvalue weighted by Crippen LogP contribution is 2.56. The highest BCUT2D eigenvalue weighted by molar-refractivity contribution is 6.24. The quantitative estimate of drug-likeness (QED) is 0.388. The summed E-state index contributed by atoms with van der Waals surface area (Å²) in [5.74, 6) is -5.07. The van der Waals surface area contributed by atoms with E-state index >= 15 is 0 Å². The Morgan fingerprint density at radius 3 is 2.56 bits per heavy atom. The molecule has 1 aliphatic heterocycles. The topological polar surface area (TPSA) is 144 Å². The minimum Gasteiger partial charge on any atom is -0.504 e. The Balaban J connectivity index is 1.73. The fourth-order valence-corrected chi connectivity index (χ4v) is 5.89. The number of carbonyl (C=O) groups is 5. The first kappa shape index (κ1) is 21.8. The van der Waals surface area contributed by atoms with Gasteiger partial charge in [-0.15, -0.1) is 0 Å². The summed E-state index contributed by atoms with van der Waals surface area (Å²) in [6.45, 7) is 1.55. The van der Waals surface area contributed by atoms with Gasteiger partial charge in [0.05, 0.1) is 18.9 Å². The lowest BCUT2D eigenvalue weighted by Crippen LogP contribution is -2.42. The molecule has 0 bridgehead atoms. The van der Waals surface area contributed by atoms with Gasteiger partial charge >= 0.3 is 6.03 Å². The number of nitrogens with two attached hydrogens (primary N) is 1. The van der Waals surface area contributed by atoms with Gasteiger partial charge in [0.2, 0.25) is 11.8 Å². The fraction of sp³-hybridized carbons (Fsp3) is 0.320. The van der Waals surface area contributed by atoms with Crippen LogP contribution in [-0.2, 0) is 19.2 Å². The normalized spacial score (nSPS) is 28.2. The van der Waals surface area contributed by atoms with Crippen LogP contribution in [0.1, 0.15) is 31.2 Å². The number of amides is 4. The summed E-state index contributed by atoms with van der Waals surface area (Å²) < 4.78 is 5.25. The number of hydrogen-bond donors (Lipinski definition) is 2. The zero-order chi connectivity index (χ0) is 24.5. The lowest BCUT2D eigenvalue weighted by atomic mass is 9.59. The third kappa shape index (κ3) is 2.82. The average Bonchev–Trinajstić information content (AvgIpc) is 3.06. The Bertz CT molecular complexity index is 1300. The third-order valence-corrected chi connectivity index (χ3v) is 7.34. The molecular weight excluding hydrogens is 440 g/mol. The molecule has 1 aromatic carbocycles. The molecule has 9 nitrogen and oxygen atoms in total. The summed E-state index contributed by atoms with van der Waals surface area (Å²) in [7, 11) is 1.40. The molecule has 3 aliphatic carbocycles. The van der Waals surface area contributed by atoms with E-state index in [1.807, 2.05) is 0 Å². The first-order valence-electron chi connectivity index (χ1n) is 10.9. The van der Waals surface area contributed by atoms with Gasteiger partial charge < -0.3 is 15.6 Å². The van der Waals surface area contributed by atoms with Gasteiger partial charge in [-0.3, -0.25) is 19.2 Å². The van der Waals surface area contributed by atoms with Crippen molar-refractivity contribution in [3.8, 4) is 11.5 Å². The number of para-hydroxylation sites is 1. The lowest BCUT2D eigenvalue weighted by molar-refractivity contribution is -0.136. The van der Waals surface area contributed by atoms with Crippen molar-refractivity contribution in [2.24, 2.45) is 23.5 Å². The van der Waals surface area contributed by atoms with Gasteiger partial charge in [0.25, 0.3) is 0 Å². The van der Waals surface area contributed by atoms with E-state index in [9.17, 15) is 29.1 Å². The summed E-state index contributed by atoms with van der Waals surface area (Å²) in [6, 6.07) is 3.75. The highest BCUT2D eigenvalue weighted by atomic mass is 16.5. The minimum atomic E-state index is -1.13. The number of phenols is 1. The number of nitrogens with zero attached hydrogens (tertiary/aromatic N) is 1. The smallest absolute Gasteiger partial charge is 0.328 e. The van der Waals surface area contributed by atoms with Crippen molar-refractivity contribution in [1.82, 2.24) is 4.90 Å². The average molecular weight is 462 g/mol. The van der Waals surface area contributed by atoms with Crippen LogP contribution in [0.3, 0.4) is 0 Å². The minimum absolute atomic E-state index is 0.0743. The Morgan fingerprint density at radius 1 is 1.15 bits per heavy atom. The Hall–Kier alpha value is -4.01. The second kappa shape index (κ2) is 7.51. The molecule has 4 amide bonds. The van der Waals surface area contributed by atoms with E-state index in [1.54, 1.807) is 31.2 Å². The van der Waals surface area contributed by atoms with Crippen molar-refractivity contribution in [3.63, 3.8) is 0 Å². The zero-order valence-corrected chi connectivity index (χ0v) is 18.5. The van der Waals surface area contributed by atoms with E-state index in [0.717, 1.165) is 0 Å². The van der Waals surface area contributed by atoms with E-state index in [0.29, 0.717) is 16.0 Å². The molecule has 1 saturated heterocycles. The maximum Gasteiger partial charge on any atom is 0.328 e. The van der Waals surface area contributed by atoms with Crippen molar-refractivity contribution < 1.29 is 33.8 Å². The molecule has 9 heteroatoms. The number of carbonyl (C=O) groups excluding carboxylic acids is 5. The molecule has 1 aromatic rings. The molecule has 0 spiro atoms. The van der Waals surface area contributed by atoms with Crippen LogP contribution < -0.4 is 10.5 Å². The first-order valence-corrected chi connectivity index (χ1v) is 10.9.